The number of halogens is 1. The molecule has 0 bridgehead atoms. The molecular weight excluding hydrogens is 403 g/mol. The minimum Gasteiger partial charge on any atom is -0.481 e. The first kappa shape index (κ1) is 15.8. The van der Waals surface area contributed by atoms with E-state index in [1.54, 1.807) is 12.1 Å². The molecule has 0 atom stereocenters. The third kappa shape index (κ3) is 4.47. The van der Waals surface area contributed by atoms with E-state index >= 15 is 0 Å². The van der Waals surface area contributed by atoms with Gasteiger partial charge in [0.2, 0.25) is 0 Å². The number of carboxylic acid groups (broad SMARTS) is 2. The van der Waals surface area contributed by atoms with Crippen LogP contribution in [-0.2, 0) is 11.2 Å². The molecular formula is C15H11IO4S. The molecule has 21 heavy (non-hydrogen) atoms. The van der Waals surface area contributed by atoms with Crippen LogP contribution in [0.5, 0.6) is 0 Å². The van der Waals surface area contributed by atoms with E-state index < -0.39 is 11.9 Å². The predicted molar refractivity (Wildman–Crippen MR) is 88.0 cm³/mol. The maximum Gasteiger partial charge on any atom is 0.335 e. The molecule has 0 amide bonds. The fourth-order valence-electron chi connectivity index (χ4n) is 1.74. The van der Waals surface area contributed by atoms with E-state index in [1.165, 1.54) is 23.9 Å². The number of rotatable bonds is 5. The normalized spacial score (nSPS) is 10.3. The van der Waals surface area contributed by atoms with Crippen molar-refractivity contribution in [3.05, 3.63) is 57.2 Å². The van der Waals surface area contributed by atoms with Gasteiger partial charge in [0.05, 0.1) is 12.0 Å². The third-order valence-electron chi connectivity index (χ3n) is 2.69. The monoisotopic (exact) mass is 414 g/mol. The summed E-state index contributed by atoms with van der Waals surface area (Å²) in [5, 5.41) is 17.8. The van der Waals surface area contributed by atoms with Crippen LogP contribution >= 0.6 is 34.4 Å². The smallest absolute Gasteiger partial charge is 0.335 e. The summed E-state index contributed by atoms with van der Waals surface area (Å²) < 4.78 is 0.981. The van der Waals surface area contributed by atoms with Crippen molar-refractivity contribution < 1.29 is 19.8 Å². The second kappa shape index (κ2) is 6.95. The van der Waals surface area contributed by atoms with E-state index in [0.29, 0.717) is 0 Å². The Morgan fingerprint density at radius 2 is 1.71 bits per heavy atom. The highest BCUT2D eigenvalue weighted by Crippen LogP contribution is 2.32. The van der Waals surface area contributed by atoms with Gasteiger partial charge in [-0.25, -0.2) is 4.79 Å². The Bertz CT molecular complexity index is 683. The average Bonchev–Trinajstić information content (AvgIpc) is 2.42. The van der Waals surface area contributed by atoms with Crippen LogP contribution in [0.4, 0.5) is 0 Å². The standard InChI is InChI=1S/C15H11IO4S/c16-11-3-6-13(10(7-11)8-14(17)18)21-12-4-1-9(2-5-12)15(19)20/h1-7H,8H2,(H,17,18)(H,19,20). The van der Waals surface area contributed by atoms with E-state index in [9.17, 15) is 9.59 Å². The van der Waals surface area contributed by atoms with E-state index in [0.717, 1.165) is 18.9 Å². The van der Waals surface area contributed by atoms with Crippen molar-refractivity contribution in [3.63, 3.8) is 0 Å². The second-order valence-corrected chi connectivity index (χ2v) is 6.62. The van der Waals surface area contributed by atoms with Gasteiger partial charge >= 0.3 is 11.9 Å². The lowest BCUT2D eigenvalue weighted by atomic mass is 10.1. The molecule has 0 fully saturated rings. The molecule has 0 spiro atoms. The zero-order valence-corrected chi connectivity index (χ0v) is 13.7. The number of aliphatic carboxylic acids is 1. The fraction of sp³-hybridized carbons (Fsp3) is 0.0667. The number of carbonyl (C=O) groups is 2. The van der Waals surface area contributed by atoms with Gasteiger partial charge in [0.25, 0.3) is 0 Å². The molecule has 0 heterocycles. The first-order valence-corrected chi connectivity index (χ1v) is 7.86. The zero-order valence-electron chi connectivity index (χ0n) is 10.7. The topological polar surface area (TPSA) is 74.6 Å². The van der Waals surface area contributed by atoms with Crippen LogP contribution < -0.4 is 0 Å². The Kier molecular flexibility index (Phi) is 5.24. The van der Waals surface area contributed by atoms with Crippen LogP contribution in [-0.4, -0.2) is 22.2 Å². The van der Waals surface area contributed by atoms with Gasteiger partial charge in [-0.1, -0.05) is 11.8 Å². The number of aromatic carboxylic acids is 1. The second-order valence-electron chi connectivity index (χ2n) is 4.25. The van der Waals surface area contributed by atoms with E-state index in [-0.39, 0.29) is 12.0 Å². The molecule has 0 radical (unpaired) electrons. The fourth-order valence-corrected chi connectivity index (χ4v) is 3.22. The summed E-state index contributed by atoms with van der Waals surface area (Å²) in [5.41, 5.74) is 0.981. The van der Waals surface area contributed by atoms with Crippen molar-refractivity contribution in [3.8, 4) is 0 Å². The Hall–Kier alpha value is -1.54. The van der Waals surface area contributed by atoms with Gasteiger partial charge in [-0.3, -0.25) is 4.79 Å². The Labute approximate surface area is 139 Å². The predicted octanol–water partition coefficient (Wildman–Crippen LogP) is 3.77. The summed E-state index contributed by atoms with van der Waals surface area (Å²) in [6, 6.07) is 12.2. The molecule has 0 aliphatic rings. The lowest BCUT2D eigenvalue weighted by molar-refractivity contribution is -0.136. The molecule has 0 unspecified atom stereocenters. The van der Waals surface area contributed by atoms with Crippen LogP contribution in [0.15, 0.2) is 52.3 Å². The van der Waals surface area contributed by atoms with Gasteiger partial charge in [0.15, 0.2) is 0 Å². The molecule has 4 nitrogen and oxygen atoms in total. The molecule has 2 N–H and O–H groups in total. The van der Waals surface area contributed by atoms with Crippen LogP contribution in [0.2, 0.25) is 0 Å². The quantitative estimate of drug-likeness (QED) is 0.729. The molecule has 2 aromatic carbocycles. The molecule has 0 saturated heterocycles. The maximum atomic E-state index is 10.9. The maximum absolute atomic E-state index is 10.9. The highest BCUT2D eigenvalue weighted by Gasteiger charge is 2.10. The third-order valence-corrected chi connectivity index (χ3v) is 4.49. The number of carboxylic acids is 2. The minimum atomic E-state index is -0.965. The highest BCUT2D eigenvalue weighted by molar-refractivity contribution is 14.1. The number of hydrogen-bond donors (Lipinski definition) is 2. The SMILES string of the molecule is O=C(O)Cc1cc(I)ccc1Sc1ccc(C(=O)O)cc1. The molecule has 2 aromatic rings. The summed E-state index contributed by atoms with van der Waals surface area (Å²) in [5.74, 6) is -1.84. The summed E-state index contributed by atoms with van der Waals surface area (Å²) in [6.07, 6.45) is -0.0353. The summed E-state index contributed by atoms with van der Waals surface area (Å²) >= 11 is 3.57. The molecule has 2 rings (SSSR count). The largest absolute Gasteiger partial charge is 0.481 e. The first-order chi connectivity index (χ1) is 9.95. The zero-order chi connectivity index (χ0) is 15.4. The van der Waals surface area contributed by atoms with Crippen LogP contribution in [0.25, 0.3) is 0 Å². The number of hydrogen-bond acceptors (Lipinski definition) is 3. The van der Waals surface area contributed by atoms with Gasteiger partial charge < -0.3 is 10.2 Å². The molecule has 0 aliphatic heterocycles. The Morgan fingerprint density at radius 1 is 1.05 bits per heavy atom. The van der Waals surface area contributed by atoms with Crippen molar-refractivity contribution in [2.24, 2.45) is 0 Å². The van der Waals surface area contributed by atoms with E-state index in [1.807, 2.05) is 18.2 Å². The summed E-state index contributed by atoms with van der Waals surface area (Å²) in [4.78, 5) is 23.5. The molecule has 0 aromatic heterocycles. The van der Waals surface area contributed by atoms with Crippen LogP contribution in [0, 0.1) is 3.57 Å². The van der Waals surface area contributed by atoms with Gasteiger partial charge in [-0.2, -0.15) is 0 Å². The van der Waals surface area contributed by atoms with Gasteiger partial charge in [-0.15, -0.1) is 0 Å². The minimum absolute atomic E-state index is 0.0353. The molecule has 108 valence electrons. The number of benzene rings is 2. The van der Waals surface area contributed by atoms with Gasteiger partial charge in [0.1, 0.15) is 0 Å². The highest BCUT2D eigenvalue weighted by atomic mass is 127. The molecule has 0 saturated carbocycles. The Balaban J connectivity index is 2.26. The van der Waals surface area contributed by atoms with E-state index in [2.05, 4.69) is 22.6 Å². The Morgan fingerprint density at radius 3 is 2.29 bits per heavy atom. The lowest BCUT2D eigenvalue weighted by Crippen LogP contribution is -2.02. The van der Waals surface area contributed by atoms with Crippen molar-refractivity contribution in [2.75, 3.05) is 0 Å². The first-order valence-electron chi connectivity index (χ1n) is 5.97. The van der Waals surface area contributed by atoms with Gasteiger partial charge in [0, 0.05) is 13.4 Å². The van der Waals surface area contributed by atoms with Crippen molar-refractivity contribution in [2.45, 2.75) is 16.2 Å². The van der Waals surface area contributed by atoms with E-state index in [4.69, 9.17) is 10.2 Å². The van der Waals surface area contributed by atoms with Crippen molar-refractivity contribution in [1.29, 1.82) is 0 Å². The lowest BCUT2D eigenvalue weighted by Gasteiger charge is -2.08. The van der Waals surface area contributed by atoms with Crippen molar-refractivity contribution in [1.82, 2.24) is 0 Å². The summed E-state index contributed by atoms with van der Waals surface area (Å²) in [7, 11) is 0. The van der Waals surface area contributed by atoms with Crippen LogP contribution in [0.1, 0.15) is 15.9 Å². The molecule has 6 heteroatoms. The van der Waals surface area contributed by atoms with Crippen LogP contribution in [0.3, 0.4) is 0 Å². The summed E-state index contributed by atoms with van der Waals surface area (Å²) in [6.45, 7) is 0. The molecule has 0 aliphatic carbocycles. The average molecular weight is 414 g/mol. The van der Waals surface area contributed by atoms with Crippen molar-refractivity contribution >= 4 is 46.3 Å². The van der Waals surface area contributed by atoms with Gasteiger partial charge in [-0.05, 0) is 70.6 Å².